The molecule has 0 spiro atoms. The van der Waals surface area contributed by atoms with Crippen LogP contribution in [0.25, 0.3) is 0 Å². The summed E-state index contributed by atoms with van der Waals surface area (Å²) in [6.07, 6.45) is 1.14. The maximum absolute atomic E-state index is 12.1. The fourth-order valence-electron chi connectivity index (χ4n) is 2.13. The Kier molecular flexibility index (Phi) is 3.75. The van der Waals surface area contributed by atoms with E-state index < -0.39 is 6.10 Å². The van der Waals surface area contributed by atoms with Crippen molar-refractivity contribution in [2.75, 3.05) is 32.9 Å². The Labute approximate surface area is 94.9 Å². The third kappa shape index (κ3) is 2.52. The van der Waals surface area contributed by atoms with Crippen molar-refractivity contribution in [3.05, 3.63) is 0 Å². The van der Waals surface area contributed by atoms with Crippen molar-refractivity contribution >= 4 is 5.91 Å². The Morgan fingerprint density at radius 1 is 1.31 bits per heavy atom. The number of hydrogen-bond acceptors (Lipinski definition) is 4. The van der Waals surface area contributed by atoms with Crippen LogP contribution in [0.5, 0.6) is 0 Å². The van der Waals surface area contributed by atoms with Crippen molar-refractivity contribution < 1.29 is 14.3 Å². The molecule has 88 valence electrons. The largest absolute Gasteiger partial charge is 0.381 e. The first kappa shape index (κ1) is 11.4. The van der Waals surface area contributed by atoms with Crippen LogP contribution in [0, 0.1) is 17.2 Å². The summed E-state index contributed by atoms with van der Waals surface area (Å²) >= 11 is 0. The number of morpholine rings is 1. The first-order valence-electron chi connectivity index (χ1n) is 5.69. The SMILES string of the molecule is N#CC1CN(C(=O)C2CCOCC2)CCO1. The van der Waals surface area contributed by atoms with Gasteiger partial charge in [-0.05, 0) is 12.8 Å². The molecule has 1 atom stereocenters. The van der Waals surface area contributed by atoms with Crippen LogP contribution < -0.4 is 0 Å². The van der Waals surface area contributed by atoms with E-state index in [-0.39, 0.29) is 11.8 Å². The Morgan fingerprint density at radius 2 is 2.06 bits per heavy atom. The maximum atomic E-state index is 12.1. The molecular weight excluding hydrogens is 208 g/mol. The van der Waals surface area contributed by atoms with Gasteiger partial charge in [-0.25, -0.2) is 0 Å². The van der Waals surface area contributed by atoms with Gasteiger partial charge in [-0.2, -0.15) is 5.26 Å². The highest BCUT2D eigenvalue weighted by molar-refractivity contribution is 5.79. The highest BCUT2D eigenvalue weighted by atomic mass is 16.5. The number of amides is 1. The van der Waals surface area contributed by atoms with Crippen LogP contribution in [0.15, 0.2) is 0 Å². The summed E-state index contributed by atoms with van der Waals surface area (Å²) in [5.41, 5.74) is 0. The van der Waals surface area contributed by atoms with E-state index in [2.05, 4.69) is 6.07 Å². The van der Waals surface area contributed by atoms with Gasteiger partial charge in [0.15, 0.2) is 6.10 Å². The van der Waals surface area contributed by atoms with Crippen LogP contribution in [-0.4, -0.2) is 49.8 Å². The highest BCUT2D eigenvalue weighted by Gasteiger charge is 2.30. The van der Waals surface area contributed by atoms with Crippen LogP contribution in [0.2, 0.25) is 0 Å². The predicted molar refractivity (Wildman–Crippen MR) is 55.5 cm³/mol. The van der Waals surface area contributed by atoms with Crippen LogP contribution in [0.1, 0.15) is 12.8 Å². The van der Waals surface area contributed by atoms with Gasteiger partial charge in [-0.1, -0.05) is 0 Å². The number of ether oxygens (including phenoxy) is 2. The van der Waals surface area contributed by atoms with E-state index in [1.54, 1.807) is 4.90 Å². The third-order valence-electron chi connectivity index (χ3n) is 3.09. The molecule has 0 aliphatic carbocycles. The Morgan fingerprint density at radius 3 is 2.75 bits per heavy atom. The first-order chi connectivity index (χ1) is 7.81. The summed E-state index contributed by atoms with van der Waals surface area (Å²) in [5.74, 6) is 0.234. The lowest BCUT2D eigenvalue weighted by atomic mass is 9.98. The smallest absolute Gasteiger partial charge is 0.226 e. The fourth-order valence-corrected chi connectivity index (χ4v) is 2.13. The Hall–Kier alpha value is -1.12. The van der Waals surface area contributed by atoms with Gasteiger partial charge in [-0.3, -0.25) is 4.79 Å². The van der Waals surface area contributed by atoms with Gasteiger partial charge in [0.2, 0.25) is 5.91 Å². The zero-order chi connectivity index (χ0) is 11.4. The van der Waals surface area contributed by atoms with Gasteiger partial charge in [-0.15, -0.1) is 0 Å². The van der Waals surface area contributed by atoms with Crippen molar-refractivity contribution in [2.45, 2.75) is 18.9 Å². The van der Waals surface area contributed by atoms with E-state index in [9.17, 15) is 4.79 Å². The van der Waals surface area contributed by atoms with Crippen molar-refractivity contribution in [1.82, 2.24) is 4.90 Å². The van der Waals surface area contributed by atoms with Crippen LogP contribution in [0.3, 0.4) is 0 Å². The number of carbonyl (C=O) groups excluding carboxylic acids is 1. The first-order valence-corrected chi connectivity index (χ1v) is 5.69. The van der Waals surface area contributed by atoms with Gasteiger partial charge < -0.3 is 14.4 Å². The maximum Gasteiger partial charge on any atom is 0.226 e. The van der Waals surface area contributed by atoms with E-state index in [1.165, 1.54) is 0 Å². The number of nitrogens with zero attached hydrogens (tertiary/aromatic N) is 2. The average molecular weight is 224 g/mol. The molecule has 0 aromatic heterocycles. The van der Waals surface area contributed by atoms with E-state index >= 15 is 0 Å². The minimum atomic E-state index is -0.461. The number of rotatable bonds is 1. The van der Waals surface area contributed by atoms with E-state index in [4.69, 9.17) is 14.7 Å². The third-order valence-corrected chi connectivity index (χ3v) is 3.09. The molecule has 0 saturated carbocycles. The molecule has 0 bridgehead atoms. The summed E-state index contributed by atoms with van der Waals surface area (Å²) in [6.45, 7) is 2.82. The van der Waals surface area contributed by atoms with E-state index in [0.717, 1.165) is 12.8 Å². The highest BCUT2D eigenvalue weighted by Crippen LogP contribution is 2.19. The molecule has 2 fully saturated rings. The van der Waals surface area contributed by atoms with Crippen LogP contribution >= 0.6 is 0 Å². The summed E-state index contributed by atoms with van der Waals surface area (Å²) in [5, 5.41) is 8.77. The van der Waals surface area contributed by atoms with Crippen LogP contribution in [0.4, 0.5) is 0 Å². The molecule has 0 aromatic rings. The van der Waals surface area contributed by atoms with E-state index in [1.807, 2.05) is 0 Å². The molecule has 2 aliphatic rings. The normalized spacial score (nSPS) is 27.4. The molecule has 2 rings (SSSR count). The second-order valence-electron chi connectivity index (χ2n) is 4.16. The number of carbonyl (C=O) groups is 1. The number of nitriles is 1. The van der Waals surface area contributed by atoms with Gasteiger partial charge in [0.1, 0.15) is 0 Å². The predicted octanol–water partition coefficient (Wildman–Crippen LogP) is 0.164. The van der Waals surface area contributed by atoms with Crippen molar-refractivity contribution in [3.8, 4) is 6.07 Å². The molecule has 5 heteroatoms. The van der Waals surface area contributed by atoms with Gasteiger partial charge >= 0.3 is 0 Å². The monoisotopic (exact) mass is 224 g/mol. The second kappa shape index (κ2) is 5.28. The molecule has 0 aromatic carbocycles. The molecule has 16 heavy (non-hydrogen) atoms. The zero-order valence-corrected chi connectivity index (χ0v) is 9.22. The molecule has 2 aliphatic heterocycles. The molecule has 1 amide bonds. The summed E-state index contributed by atoms with van der Waals surface area (Å²) < 4.78 is 10.4. The van der Waals surface area contributed by atoms with Crippen molar-refractivity contribution in [2.24, 2.45) is 5.92 Å². The Balaban J connectivity index is 1.90. The summed E-state index contributed by atoms with van der Waals surface area (Å²) in [7, 11) is 0. The fraction of sp³-hybridized carbons (Fsp3) is 0.818. The van der Waals surface area contributed by atoms with Crippen molar-refractivity contribution in [1.29, 1.82) is 5.26 Å². The lowest BCUT2D eigenvalue weighted by Gasteiger charge is -2.33. The standard InChI is InChI=1S/C11H16N2O3/c12-7-10-8-13(3-6-16-10)11(14)9-1-4-15-5-2-9/h9-10H,1-6,8H2. The molecule has 2 saturated heterocycles. The molecule has 2 heterocycles. The molecule has 0 N–H and O–H groups in total. The Bertz CT molecular complexity index is 294. The van der Waals surface area contributed by atoms with Gasteiger partial charge in [0.05, 0.1) is 19.2 Å². The van der Waals surface area contributed by atoms with Crippen molar-refractivity contribution in [3.63, 3.8) is 0 Å². The summed E-state index contributed by atoms with van der Waals surface area (Å²) in [4.78, 5) is 13.9. The topological polar surface area (TPSA) is 62.6 Å². The average Bonchev–Trinajstić information content (AvgIpc) is 2.39. The van der Waals surface area contributed by atoms with E-state index in [0.29, 0.717) is 32.9 Å². The summed E-state index contributed by atoms with van der Waals surface area (Å²) in [6, 6.07) is 2.05. The van der Waals surface area contributed by atoms with Gasteiger partial charge in [0, 0.05) is 25.7 Å². The zero-order valence-electron chi connectivity index (χ0n) is 9.22. The second-order valence-corrected chi connectivity index (χ2v) is 4.16. The molecule has 1 unspecified atom stereocenters. The molecule has 5 nitrogen and oxygen atoms in total. The lowest BCUT2D eigenvalue weighted by Crippen LogP contribution is -2.48. The van der Waals surface area contributed by atoms with Crippen LogP contribution in [-0.2, 0) is 14.3 Å². The molecule has 0 radical (unpaired) electrons. The minimum Gasteiger partial charge on any atom is -0.381 e. The minimum absolute atomic E-state index is 0.0752. The quantitative estimate of drug-likeness (QED) is 0.636. The number of hydrogen-bond donors (Lipinski definition) is 0. The molecular formula is C11H16N2O3. The lowest BCUT2D eigenvalue weighted by molar-refractivity contribution is -0.144. The van der Waals surface area contributed by atoms with Gasteiger partial charge in [0.25, 0.3) is 0 Å².